The van der Waals surface area contributed by atoms with Crippen LogP contribution in [0.5, 0.6) is 0 Å². The Morgan fingerprint density at radius 1 is 1.35 bits per heavy atom. The zero-order valence-corrected chi connectivity index (χ0v) is 15.4. The highest BCUT2D eigenvalue weighted by atomic mass is 35.5. The maximum atomic E-state index is 12.1. The SMILES string of the molecule is CN(C)CCCNc1nn2ccccc2c1N=C1C=C(Cl)C(O)=CC1=O. The van der Waals surface area contributed by atoms with Crippen LogP contribution in [0.1, 0.15) is 6.42 Å². The van der Waals surface area contributed by atoms with Gasteiger partial charge in [-0.1, -0.05) is 17.7 Å². The minimum atomic E-state index is -0.402. The van der Waals surface area contributed by atoms with Crippen LogP contribution >= 0.6 is 11.6 Å². The molecule has 0 atom stereocenters. The van der Waals surface area contributed by atoms with Crippen LogP contribution in [0.3, 0.4) is 0 Å². The number of hydrogen-bond donors (Lipinski definition) is 2. The zero-order valence-electron chi connectivity index (χ0n) is 14.6. The number of rotatable bonds is 6. The minimum Gasteiger partial charge on any atom is -0.506 e. The van der Waals surface area contributed by atoms with Gasteiger partial charge in [0, 0.05) is 18.8 Å². The second kappa shape index (κ2) is 7.72. The van der Waals surface area contributed by atoms with E-state index in [1.807, 2.05) is 38.5 Å². The number of aromatic nitrogens is 2. The first-order chi connectivity index (χ1) is 12.5. The molecule has 0 aliphatic heterocycles. The van der Waals surface area contributed by atoms with Crippen LogP contribution in [0.2, 0.25) is 0 Å². The van der Waals surface area contributed by atoms with Crippen LogP contribution in [0.25, 0.3) is 5.52 Å². The third-order valence-electron chi connectivity index (χ3n) is 3.85. The highest BCUT2D eigenvalue weighted by Crippen LogP contribution is 2.31. The van der Waals surface area contributed by atoms with E-state index in [4.69, 9.17) is 11.6 Å². The minimum absolute atomic E-state index is 0.0836. The van der Waals surface area contributed by atoms with Crippen molar-refractivity contribution in [2.24, 2.45) is 4.99 Å². The summed E-state index contributed by atoms with van der Waals surface area (Å²) in [6, 6.07) is 5.63. The molecule has 0 amide bonds. The Kier molecular flexibility index (Phi) is 5.39. The Morgan fingerprint density at radius 2 is 2.15 bits per heavy atom. The summed E-state index contributed by atoms with van der Waals surface area (Å²) in [5.74, 6) is -0.0585. The van der Waals surface area contributed by atoms with Crippen molar-refractivity contribution >= 4 is 40.1 Å². The zero-order chi connectivity index (χ0) is 18.7. The van der Waals surface area contributed by atoms with Gasteiger partial charge in [-0.3, -0.25) is 4.79 Å². The Hall–Kier alpha value is -2.64. The van der Waals surface area contributed by atoms with Gasteiger partial charge < -0.3 is 15.3 Å². The number of nitrogens with one attached hydrogen (secondary N) is 1. The van der Waals surface area contributed by atoms with Crippen molar-refractivity contribution in [2.45, 2.75) is 6.42 Å². The van der Waals surface area contributed by atoms with E-state index in [1.54, 1.807) is 4.52 Å². The first-order valence-electron chi connectivity index (χ1n) is 8.23. The van der Waals surface area contributed by atoms with E-state index in [2.05, 4.69) is 20.3 Å². The fraction of sp³-hybridized carbons (Fsp3) is 0.278. The predicted octanol–water partition coefficient (Wildman–Crippen LogP) is 2.92. The van der Waals surface area contributed by atoms with Gasteiger partial charge in [0.2, 0.25) is 5.78 Å². The third-order valence-corrected chi connectivity index (χ3v) is 4.15. The first kappa shape index (κ1) is 18.2. The third kappa shape index (κ3) is 3.95. The van der Waals surface area contributed by atoms with Crippen molar-refractivity contribution in [3.8, 4) is 0 Å². The number of ketones is 1. The van der Waals surface area contributed by atoms with E-state index in [-0.39, 0.29) is 16.5 Å². The molecule has 0 spiro atoms. The van der Waals surface area contributed by atoms with Gasteiger partial charge in [0.15, 0.2) is 5.82 Å². The number of allylic oxidation sites excluding steroid dienone is 3. The molecular weight excluding hydrogens is 354 g/mol. The molecule has 136 valence electrons. The molecule has 2 heterocycles. The molecule has 0 unspecified atom stereocenters. The first-order valence-corrected chi connectivity index (χ1v) is 8.60. The lowest BCUT2D eigenvalue weighted by Gasteiger charge is -2.10. The number of carbonyl (C=O) groups excluding carboxylic acids is 1. The van der Waals surface area contributed by atoms with E-state index < -0.39 is 5.78 Å². The standard InChI is InChI=1S/C18H20ClN5O2/c1-23(2)8-5-7-20-18-17(14-6-3-4-9-24(14)22-18)21-13-10-12(19)15(25)11-16(13)26/h3-4,6,9-11,25H,5,7-8H2,1-2H3,(H,20,22). The van der Waals surface area contributed by atoms with Gasteiger partial charge in [-0.25, -0.2) is 9.51 Å². The summed E-state index contributed by atoms with van der Waals surface area (Å²) in [4.78, 5) is 18.7. The number of nitrogens with zero attached hydrogens (tertiary/aromatic N) is 4. The molecule has 1 aliphatic rings. The van der Waals surface area contributed by atoms with E-state index in [1.165, 1.54) is 6.08 Å². The largest absolute Gasteiger partial charge is 0.506 e. The lowest BCUT2D eigenvalue weighted by atomic mass is 10.1. The molecule has 1 aliphatic carbocycles. The summed E-state index contributed by atoms with van der Waals surface area (Å²) in [6.07, 6.45) is 5.19. The number of carbonyl (C=O) groups is 1. The number of aliphatic hydroxyl groups excluding tert-OH is 1. The normalized spacial score (nSPS) is 16.3. The number of anilines is 1. The summed E-state index contributed by atoms with van der Waals surface area (Å²) < 4.78 is 1.71. The number of aliphatic imine (C=N–C) groups is 1. The van der Waals surface area contributed by atoms with Gasteiger partial charge in [0.25, 0.3) is 0 Å². The van der Waals surface area contributed by atoms with E-state index >= 15 is 0 Å². The van der Waals surface area contributed by atoms with Crippen LogP contribution in [-0.4, -0.2) is 58.3 Å². The fourth-order valence-corrected chi connectivity index (χ4v) is 2.71. The second-order valence-electron chi connectivity index (χ2n) is 6.19. The van der Waals surface area contributed by atoms with Crippen LogP contribution in [0.4, 0.5) is 11.5 Å². The monoisotopic (exact) mass is 373 g/mol. The Balaban J connectivity index is 1.95. The molecule has 0 saturated carbocycles. The highest BCUT2D eigenvalue weighted by Gasteiger charge is 2.19. The quantitative estimate of drug-likeness (QED) is 0.601. The molecule has 0 radical (unpaired) electrons. The van der Waals surface area contributed by atoms with Gasteiger partial charge in [-0.05, 0) is 45.3 Å². The summed E-state index contributed by atoms with van der Waals surface area (Å²) in [5.41, 5.74) is 1.49. The van der Waals surface area contributed by atoms with Crippen molar-refractivity contribution in [1.82, 2.24) is 14.5 Å². The van der Waals surface area contributed by atoms with Gasteiger partial charge in [0.05, 0.1) is 10.5 Å². The molecule has 8 heteroatoms. The average Bonchev–Trinajstić information content (AvgIpc) is 2.94. The van der Waals surface area contributed by atoms with Gasteiger partial charge in [-0.15, -0.1) is 5.10 Å². The number of aliphatic hydroxyl groups is 1. The smallest absolute Gasteiger partial charge is 0.207 e. The fourth-order valence-electron chi connectivity index (χ4n) is 2.56. The summed E-state index contributed by atoms with van der Waals surface area (Å²) in [5, 5.41) is 17.4. The number of hydrogen-bond acceptors (Lipinski definition) is 6. The molecule has 2 N–H and O–H groups in total. The maximum Gasteiger partial charge on any atom is 0.207 e. The molecule has 3 rings (SSSR count). The highest BCUT2D eigenvalue weighted by molar-refractivity contribution is 6.52. The Labute approximate surface area is 156 Å². The lowest BCUT2D eigenvalue weighted by Crippen LogP contribution is -2.16. The number of pyridine rings is 1. The van der Waals surface area contributed by atoms with Crippen LogP contribution < -0.4 is 5.32 Å². The van der Waals surface area contributed by atoms with Crippen molar-refractivity contribution < 1.29 is 9.90 Å². The average molecular weight is 374 g/mol. The van der Waals surface area contributed by atoms with Gasteiger partial charge in [-0.2, -0.15) is 0 Å². The molecule has 2 aromatic rings. The van der Waals surface area contributed by atoms with Crippen molar-refractivity contribution in [3.63, 3.8) is 0 Å². The molecule has 7 nitrogen and oxygen atoms in total. The van der Waals surface area contributed by atoms with Crippen molar-refractivity contribution in [1.29, 1.82) is 0 Å². The van der Waals surface area contributed by atoms with Gasteiger partial charge >= 0.3 is 0 Å². The van der Waals surface area contributed by atoms with E-state index in [0.29, 0.717) is 11.5 Å². The molecule has 0 fully saturated rings. The van der Waals surface area contributed by atoms with E-state index in [9.17, 15) is 9.90 Å². The summed E-state index contributed by atoms with van der Waals surface area (Å²) in [6.45, 7) is 1.68. The van der Waals surface area contributed by atoms with Crippen LogP contribution in [0.15, 0.2) is 52.3 Å². The second-order valence-corrected chi connectivity index (χ2v) is 6.60. The Morgan fingerprint density at radius 3 is 2.92 bits per heavy atom. The molecule has 0 aromatic carbocycles. The predicted molar refractivity (Wildman–Crippen MR) is 104 cm³/mol. The molecule has 0 bridgehead atoms. The number of fused-ring (bicyclic) bond motifs is 1. The van der Waals surface area contributed by atoms with Gasteiger partial charge in [0.1, 0.15) is 17.2 Å². The maximum absolute atomic E-state index is 12.1. The molecule has 0 saturated heterocycles. The summed E-state index contributed by atoms with van der Waals surface area (Å²) >= 11 is 5.93. The number of halogens is 1. The summed E-state index contributed by atoms with van der Waals surface area (Å²) in [7, 11) is 4.05. The van der Waals surface area contributed by atoms with Crippen LogP contribution in [0, 0.1) is 0 Å². The van der Waals surface area contributed by atoms with Crippen molar-refractivity contribution in [2.75, 3.05) is 32.5 Å². The molecule has 26 heavy (non-hydrogen) atoms. The van der Waals surface area contributed by atoms with Crippen molar-refractivity contribution in [3.05, 3.63) is 47.3 Å². The van der Waals surface area contributed by atoms with E-state index in [0.717, 1.165) is 31.1 Å². The molecular formula is C18H20ClN5O2. The topological polar surface area (TPSA) is 82.2 Å². The Bertz CT molecular complexity index is 927. The molecule has 2 aromatic heterocycles. The lowest BCUT2D eigenvalue weighted by molar-refractivity contribution is -0.109. The van der Waals surface area contributed by atoms with Crippen LogP contribution in [-0.2, 0) is 4.79 Å².